The number of benzene rings is 1. The second-order valence-corrected chi connectivity index (χ2v) is 14.0. The van der Waals surface area contributed by atoms with E-state index < -0.39 is 6.04 Å². The van der Waals surface area contributed by atoms with Crippen LogP contribution in [-0.4, -0.2) is 90.4 Å². The van der Waals surface area contributed by atoms with Gasteiger partial charge in [-0.3, -0.25) is 9.59 Å². The zero-order valence-corrected chi connectivity index (χ0v) is 28.6. The number of nitrogens with zero attached hydrogens (tertiary/aromatic N) is 2. The minimum atomic E-state index is -0.471. The Balaban J connectivity index is 1.56. The molecule has 4 rings (SSSR count). The molecule has 10 nitrogen and oxygen atoms in total. The van der Waals surface area contributed by atoms with Crippen molar-refractivity contribution in [2.45, 2.75) is 129 Å². The fourth-order valence-electron chi connectivity index (χ4n) is 7.08. The van der Waals surface area contributed by atoms with Gasteiger partial charge in [-0.2, -0.15) is 0 Å². The number of hydrogen-bond donors (Lipinski definition) is 3. The van der Waals surface area contributed by atoms with E-state index in [1.807, 2.05) is 32.7 Å². The Labute approximate surface area is 275 Å². The maximum atomic E-state index is 14.4. The number of carbonyl (C=O) groups is 3. The van der Waals surface area contributed by atoms with E-state index in [-0.39, 0.29) is 54.5 Å². The van der Waals surface area contributed by atoms with Crippen LogP contribution in [0.2, 0.25) is 0 Å². The maximum Gasteiger partial charge on any atom is 0.319 e. The van der Waals surface area contributed by atoms with Crippen LogP contribution in [0.15, 0.2) is 18.2 Å². The Hall–Kier alpha value is -2.85. The third-order valence-corrected chi connectivity index (χ3v) is 10.0. The Bertz CT molecular complexity index is 1140. The number of amides is 4. The molecular formula is C36H58N4O6. The average Bonchev–Trinajstić information content (AvgIpc) is 3.06. The number of anilines is 1. The van der Waals surface area contributed by atoms with Crippen molar-refractivity contribution in [3.8, 4) is 5.75 Å². The minimum absolute atomic E-state index is 0.0746. The van der Waals surface area contributed by atoms with Gasteiger partial charge < -0.3 is 35.0 Å². The zero-order chi connectivity index (χ0) is 33.1. The molecule has 46 heavy (non-hydrogen) atoms. The number of ether oxygens (including phenoxy) is 2. The first-order valence-electron chi connectivity index (χ1n) is 17.8. The lowest BCUT2D eigenvalue weighted by molar-refractivity contribution is -0.137. The molecule has 10 heteroatoms. The summed E-state index contributed by atoms with van der Waals surface area (Å²) in [5.74, 6) is 0.313. The summed E-state index contributed by atoms with van der Waals surface area (Å²) in [6.07, 6.45) is 12.8. The van der Waals surface area contributed by atoms with E-state index in [9.17, 15) is 19.5 Å². The first-order valence-corrected chi connectivity index (χ1v) is 17.8. The van der Waals surface area contributed by atoms with Crippen molar-refractivity contribution < 1.29 is 29.0 Å². The molecule has 3 aliphatic rings. The van der Waals surface area contributed by atoms with E-state index >= 15 is 0 Å². The number of carbonyl (C=O) groups excluding carboxylic acids is 3. The predicted molar refractivity (Wildman–Crippen MR) is 180 cm³/mol. The van der Waals surface area contributed by atoms with Gasteiger partial charge in [0.1, 0.15) is 5.75 Å². The molecule has 2 aliphatic carbocycles. The van der Waals surface area contributed by atoms with Crippen molar-refractivity contribution in [2.75, 3.05) is 38.7 Å². The van der Waals surface area contributed by atoms with E-state index in [1.165, 1.54) is 12.8 Å². The van der Waals surface area contributed by atoms with Gasteiger partial charge in [0.2, 0.25) is 5.91 Å². The summed E-state index contributed by atoms with van der Waals surface area (Å²) in [6, 6.07) is 4.62. The summed E-state index contributed by atoms with van der Waals surface area (Å²) in [5, 5.41) is 16.2. The predicted octanol–water partition coefficient (Wildman–Crippen LogP) is 5.98. The molecular weight excluding hydrogens is 584 g/mol. The Morgan fingerprint density at radius 3 is 2.37 bits per heavy atom. The van der Waals surface area contributed by atoms with Crippen molar-refractivity contribution in [2.24, 2.45) is 11.8 Å². The third-order valence-electron chi connectivity index (χ3n) is 10.0. The number of nitrogens with one attached hydrogen (secondary N) is 2. The van der Waals surface area contributed by atoms with Crippen molar-refractivity contribution in [1.29, 1.82) is 0 Å². The smallest absolute Gasteiger partial charge is 0.319 e. The molecule has 4 amide bonds. The molecule has 1 aromatic carbocycles. The summed E-state index contributed by atoms with van der Waals surface area (Å²) in [4.78, 5) is 44.1. The van der Waals surface area contributed by atoms with Gasteiger partial charge in [-0.25, -0.2) is 4.79 Å². The summed E-state index contributed by atoms with van der Waals surface area (Å²) < 4.78 is 12.8. The lowest BCUT2D eigenvalue weighted by Gasteiger charge is -2.36. The number of aliphatic hydroxyl groups excluding tert-OH is 1. The van der Waals surface area contributed by atoms with E-state index in [0.29, 0.717) is 36.7 Å². The van der Waals surface area contributed by atoms with Crippen LogP contribution in [0.3, 0.4) is 0 Å². The van der Waals surface area contributed by atoms with Crippen LogP contribution in [0.1, 0.15) is 115 Å². The molecule has 3 N–H and O–H groups in total. The highest BCUT2D eigenvalue weighted by molar-refractivity contribution is 5.99. The SMILES string of the molecule is C[C@@H]1CCCCO[C@H](CN(C)C(=O)C2CCCCC2)[C@@H](C)CN([C@H](C)CO)C(=O)c2cc(NC(=O)NC3CCCCC3)ccc2O1. The molecule has 0 bridgehead atoms. The molecule has 1 aromatic rings. The number of aliphatic hydroxyl groups is 1. The van der Waals surface area contributed by atoms with Gasteiger partial charge in [0.05, 0.1) is 30.4 Å². The molecule has 0 radical (unpaired) electrons. The van der Waals surface area contributed by atoms with E-state index in [0.717, 1.165) is 70.6 Å². The second-order valence-electron chi connectivity index (χ2n) is 14.0. The highest BCUT2D eigenvalue weighted by Crippen LogP contribution is 2.29. The Kier molecular flexibility index (Phi) is 14.0. The van der Waals surface area contributed by atoms with Gasteiger partial charge in [0.25, 0.3) is 5.91 Å². The van der Waals surface area contributed by atoms with Crippen molar-refractivity contribution in [3.05, 3.63) is 23.8 Å². The highest BCUT2D eigenvalue weighted by Gasteiger charge is 2.32. The van der Waals surface area contributed by atoms with Crippen LogP contribution in [0.5, 0.6) is 5.75 Å². The van der Waals surface area contributed by atoms with Crippen molar-refractivity contribution in [3.63, 3.8) is 0 Å². The van der Waals surface area contributed by atoms with Gasteiger partial charge in [-0.15, -0.1) is 0 Å². The molecule has 2 saturated carbocycles. The second kappa shape index (κ2) is 17.9. The molecule has 258 valence electrons. The van der Waals surface area contributed by atoms with Crippen LogP contribution < -0.4 is 15.4 Å². The highest BCUT2D eigenvalue weighted by atomic mass is 16.5. The van der Waals surface area contributed by atoms with Crippen LogP contribution in [0.4, 0.5) is 10.5 Å². The largest absolute Gasteiger partial charge is 0.490 e. The van der Waals surface area contributed by atoms with Crippen LogP contribution in [0, 0.1) is 11.8 Å². The average molecular weight is 643 g/mol. The summed E-state index contributed by atoms with van der Waals surface area (Å²) in [7, 11) is 1.87. The summed E-state index contributed by atoms with van der Waals surface area (Å²) in [5.41, 5.74) is 0.848. The fraction of sp³-hybridized carbons (Fsp3) is 0.750. The van der Waals surface area contributed by atoms with Gasteiger partial charge in [-0.1, -0.05) is 45.4 Å². The number of rotatable bonds is 7. The normalized spacial score (nSPS) is 25.0. The van der Waals surface area contributed by atoms with Crippen LogP contribution in [-0.2, 0) is 9.53 Å². The number of urea groups is 1. The molecule has 0 spiro atoms. The lowest BCUT2D eigenvalue weighted by atomic mass is 9.88. The molecule has 1 aliphatic heterocycles. The van der Waals surface area contributed by atoms with Gasteiger partial charge in [0.15, 0.2) is 0 Å². The summed E-state index contributed by atoms with van der Waals surface area (Å²) >= 11 is 0. The number of hydrogen-bond acceptors (Lipinski definition) is 6. The van der Waals surface area contributed by atoms with Crippen molar-refractivity contribution >= 4 is 23.5 Å². The molecule has 0 saturated heterocycles. The maximum absolute atomic E-state index is 14.4. The zero-order valence-electron chi connectivity index (χ0n) is 28.6. The fourth-order valence-corrected chi connectivity index (χ4v) is 7.08. The standard InChI is InChI=1S/C36H58N4O6/c1-25-22-40(26(2)24-41)35(43)31-21-30(38-36(44)37-29-16-9-6-10-17-29)18-19-32(31)46-27(3)13-11-12-20-45-33(25)23-39(4)34(42)28-14-7-5-8-15-28/h18-19,21,25-29,33,41H,5-17,20,22-24H2,1-4H3,(H2,37,38,44)/t25-,26+,27+,33+/m0/s1. The first kappa shape index (κ1) is 36.0. The first-order chi connectivity index (χ1) is 22.2. The topological polar surface area (TPSA) is 120 Å². The lowest BCUT2D eigenvalue weighted by Crippen LogP contribution is -2.48. The molecule has 4 atom stereocenters. The van der Waals surface area contributed by atoms with E-state index in [4.69, 9.17) is 9.47 Å². The Morgan fingerprint density at radius 1 is 1.00 bits per heavy atom. The molecule has 2 fully saturated rings. The quantitative estimate of drug-likeness (QED) is 0.337. The van der Waals surface area contributed by atoms with Crippen LogP contribution >= 0.6 is 0 Å². The molecule has 0 unspecified atom stereocenters. The minimum Gasteiger partial charge on any atom is -0.490 e. The molecule has 0 aromatic heterocycles. The van der Waals surface area contributed by atoms with Crippen LogP contribution in [0.25, 0.3) is 0 Å². The summed E-state index contributed by atoms with van der Waals surface area (Å²) in [6.45, 7) is 7.00. The van der Waals surface area contributed by atoms with Crippen molar-refractivity contribution in [1.82, 2.24) is 15.1 Å². The van der Waals surface area contributed by atoms with Gasteiger partial charge in [-0.05, 0) is 77.0 Å². The number of fused-ring (bicyclic) bond motifs is 1. The molecule has 1 heterocycles. The third kappa shape index (κ3) is 10.3. The Morgan fingerprint density at radius 2 is 1.67 bits per heavy atom. The van der Waals surface area contributed by atoms with Gasteiger partial charge >= 0.3 is 6.03 Å². The van der Waals surface area contributed by atoms with E-state index in [2.05, 4.69) is 10.6 Å². The van der Waals surface area contributed by atoms with Gasteiger partial charge in [0, 0.05) is 50.3 Å². The monoisotopic (exact) mass is 642 g/mol. The number of likely N-dealkylation sites (N-methyl/N-ethyl adjacent to an activating group) is 1. The van der Waals surface area contributed by atoms with E-state index in [1.54, 1.807) is 23.1 Å².